The minimum atomic E-state index is -0.654. The summed E-state index contributed by atoms with van der Waals surface area (Å²) in [6, 6.07) is 3.68. The summed E-state index contributed by atoms with van der Waals surface area (Å²) in [6.07, 6.45) is 0.427. The number of aryl methyl sites for hydroxylation is 1. The van der Waals surface area contributed by atoms with Crippen molar-refractivity contribution in [1.29, 1.82) is 0 Å². The Morgan fingerprint density at radius 1 is 1.53 bits per heavy atom. The summed E-state index contributed by atoms with van der Waals surface area (Å²) in [5.74, 6) is -0.724. The van der Waals surface area contributed by atoms with E-state index >= 15 is 0 Å². The molecule has 0 fully saturated rings. The molecule has 3 N–H and O–H groups in total. The first-order valence-electron chi connectivity index (χ1n) is 5.35. The third kappa shape index (κ3) is 4.50. The normalized spacial score (nSPS) is 12.2. The van der Waals surface area contributed by atoms with Crippen molar-refractivity contribution in [3.05, 3.63) is 29.6 Å². The number of carbonyl (C=O) groups excluding carboxylic acids is 1. The molecule has 1 aromatic rings. The molecule has 0 saturated heterocycles. The van der Waals surface area contributed by atoms with Gasteiger partial charge in [0, 0.05) is 19.4 Å². The average molecular weight is 240 g/mol. The minimum Gasteiger partial charge on any atom is -0.385 e. The number of methoxy groups -OCH3 is 1. The Kier molecular flexibility index (Phi) is 5.06. The Balaban J connectivity index is 2.61. The second-order valence-electron chi connectivity index (χ2n) is 3.89. The Morgan fingerprint density at radius 2 is 2.24 bits per heavy atom. The number of halogens is 1. The topological polar surface area (TPSA) is 64.3 Å². The van der Waals surface area contributed by atoms with Crippen LogP contribution in [0.2, 0.25) is 0 Å². The molecule has 0 aliphatic rings. The van der Waals surface area contributed by atoms with Crippen molar-refractivity contribution in [2.45, 2.75) is 19.4 Å². The molecule has 1 unspecified atom stereocenters. The quantitative estimate of drug-likeness (QED) is 0.818. The van der Waals surface area contributed by atoms with Crippen LogP contribution in [0.3, 0.4) is 0 Å². The van der Waals surface area contributed by atoms with Crippen LogP contribution in [0.15, 0.2) is 18.2 Å². The highest BCUT2D eigenvalue weighted by Crippen LogP contribution is 2.13. The standard InChI is InChI=1S/C12H17FN2O2/c1-8-5-9(13)7-10(6-8)15-12(16)11(14)3-4-17-2/h5-7,11H,3-4,14H2,1-2H3,(H,15,16). The maximum Gasteiger partial charge on any atom is 0.241 e. The Bertz CT molecular complexity index is 376. The summed E-state index contributed by atoms with van der Waals surface area (Å²) in [4.78, 5) is 11.6. The van der Waals surface area contributed by atoms with E-state index in [9.17, 15) is 9.18 Å². The van der Waals surface area contributed by atoms with Crippen LogP contribution in [0.1, 0.15) is 12.0 Å². The van der Waals surface area contributed by atoms with Gasteiger partial charge in [0.1, 0.15) is 5.82 Å². The number of rotatable bonds is 5. The fraction of sp³-hybridized carbons (Fsp3) is 0.417. The van der Waals surface area contributed by atoms with E-state index < -0.39 is 6.04 Å². The molecule has 0 aliphatic carbocycles. The maximum atomic E-state index is 13.1. The molecule has 0 aromatic heterocycles. The monoisotopic (exact) mass is 240 g/mol. The lowest BCUT2D eigenvalue weighted by Gasteiger charge is -2.12. The SMILES string of the molecule is COCCC(N)C(=O)Nc1cc(C)cc(F)c1. The molecule has 0 saturated carbocycles. The Labute approximate surface area is 100.0 Å². The fourth-order valence-corrected chi connectivity index (χ4v) is 1.42. The van der Waals surface area contributed by atoms with Crippen molar-refractivity contribution in [2.24, 2.45) is 5.73 Å². The molecule has 1 atom stereocenters. The maximum absolute atomic E-state index is 13.1. The van der Waals surface area contributed by atoms with E-state index in [1.165, 1.54) is 12.1 Å². The molecule has 0 aliphatic heterocycles. The lowest BCUT2D eigenvalue weighted by atomic mass is 10.2. The molecule has 17 heavy (non-hydrogen) atoms. The molecule has 1 amide bonds. The highest BCUT2D eigenvalue weighted by atomic mass is 19.1. The van der Waals surface area contributed by atoms with Crippen molar-refractivity contribution in [3.8, 4) is 0 Å². The number of hydrogen-bond donors (Lipinski definition) is 2. The number of anilines is 1. The van der Waals surface area contributed by atoms with Gasteiger partial charge in [-0.05, 0) is 37.1 Å². The molecule has 0 spiro atoms. The molecule has 0 heterocycles. The predicted molar refractivity (Wildman–Crippen MR) is 64.2 cm³/mol. The second kappa shape index (κ2) is 6.32. The van der Waals surface area contributed by atoms with Crippen LogP contribution >= 0.6 is 0 Å². The number of nitrogens with two attached hydrogens (primary N) is 1. The van der Waals surface area contributed by atoms with Gasteiger partial charge in [0.15, 0.2) is 0 Å². The summed E-state index contributed by atoms with van der Waals surface area (Å²) in [6.45, 7) is 2.17. The zero-order chi connectivity index (χ0) is 12.8. The van der Waals surface area contributed by atoms with Crippen LogP contribution in [-0.4, -0.2) is 25.7 Å². The first-order valence-corrected chi connectivity index (χ1v) is 5.35. The number of nitrogens with one attached hydrogen (secondary N) is 1. The van der Waals surface area contributed by atoms with Gasteiger partial charge in [-0.25, -0.2) is 4.39 Å². The van der Waals surface area contributed by atoms with E-state index in [2.05, 4.69) is 5.32 Å². The molecule has 5 heteroatoms. The van der Waals surface area contributed by atoms with Crippen molar-refractivity contribution >= 4 is 11.6 Å². The van der Waals surface area contributed by atoms with Crippen LogP contribution in [0.4, 0.5) is 10.1 Å². The molecular weight excluding hydrogens is 223 g/mol. The van der Waals surface area contributed by atoms with Gasteiger partial charge >= 0.3 is 0 Å². The van der Waals surface area contributed by atoms with Gasteiger partial charge in [0.05, 0.1) is 6.04 Å². The summed E-state index contributed by atoms with van der Waals surface area (Å²) < 4.78 is 17.9. The van der Waals surface area contributed by atoms with E-state index in [0.29, 0.717) is 18.7 Å². The van der Waals surface area contributed by atoms with Crippen molar-refractivity contribution < 1.29 is 13.9 Å². The number of ether oxygens (including phenoxy) is 1. The van der Waals surface area contributed by atoms with Crippen LogP contribution in [0.25, 0.3) is 0 Å². The predicted octanol–water partition coefficient (Wildman–Crippen LogP) is 1.44. The molecule has 0 radical (unpaired) electrons. The number of benzene rings is 1. The number of carbonyl (C=O) groups is 1. The van der Waals surface area contributed by atoms with Crippen molar-refractivity contribution in [1.82, 2.24) is 0 Å². The van der Waals surface area contributed by atoms with Crippen LogP contribution in [0, 0.1) is 12.7 Å². The van der Waals surface area contributed by atoms with E-state index in [1.54, 1.807) is 20.1 Å². The van der Waals surface area contributed by atoms with Gasteiger partial charge < -0.3 is 15.8 Å². The van der Waals surface area contributed by atoms with Crippen LogP contribution in [0.5, 0.6) is 0 Å². The largest absolute Gasteiger partial charge is 0.385 e. The molecule has 94 valence electrons. The van der Waals surface area contributed by atoms with Gasteiger partial charge in [0.25, 0.3) is 0 Å². The minimum absolute atomic E-state index is 0.341. The smallest absolute Gasteiger partial charge is 0.241 e. The Hall–Kier alpha value is -1.46. The second-order valence-corrected chi connectivity index (χ2v) is 3.89. The first kappa shape index (κ1) is 13.6. The van der Waals surface area contributed by atoms with Gasteiger partial charge in [-0.3, -0.25) is 4.79 Å². The Morgan fingerprint density at radius 3 is 2.82 bits per heavy atom. The van der Waals surface area contributed by atoms with Gasteiger partial charge in [-0.1, -0.05) is 0 Å². The van der Waals surface area contributed by atoms with E-state index in [-0.39, 0.29) is 11.7 Å². The summed E-state index contributed by atoms with van der Waals surface area (Å²) >= 11 is 0. The van der Waals surface area contributed by atoms with Gasteiger partial charge in [-0.2, -0.15) is 0 Å². The zero-order valence-electron chi connectivity index (χ0n) is 10.00. The molecule has 0 bridgehead atoms. The summed E-state index contributed by atoms with van der Waals surface area (Å²) in [5.41, 5.74) is 6.80. The van der Waals surface area contributed by atoms with Gasteiger partial charge in [-0.15, -0.1) is 0 Å². The van der Waals surface area contributed by atoms with Crippen molar-refractivity contribution in [3.63, 3.8) is 0 Å². The highest BCUT2D eigenvalue weighted by Gasteiger charge is 2.13. The molecule has 4 nitrogen and oxygen atoms in total. The molecule has 1 rings (SSSR count). The van der Waals surface area contributed by atoms with Crippen molar-refractivity contribution in [2.75, 3.05) is 19.0 Å². The lowest BCUT2D eigenvalue weighted by Crippen LogP contribution is -2.36. The first-order chi connectivity index (χ1) is 8.02. The molecular formula is C12H17FN2O2. The zero-order valence-corrected chi connectivity index (χ0v) is 10.00. The third-order valence-electron chi connectivity index (χ3n) is 2.28. The average Bonchev–Trinajstić information content (AvgIpc) is 2.24. The van der Waals surface area contributed by atoms with E-state index in [0.717, 1.165) is 5.56 Å². The highest BCUT2D eigenvalue weighted by molar-refractivity contribution is 5.94. The van der Waals surface area contributed by atoms with Crippen LogP contribution < -0.4 is 11.1 Å². The molecule has 1 aromatic carbocycles. The third-order valence-corrected chi connectivity index (χ3v) is 2.28. The fourth-order valence-electron chi connectivity index (χ4n) is 1.42. The lowest BCUT2D eigenvalue weighted by molar-refractivity contribution is -0.117. The number of hydrogen-bond acceptors (Lipinski definition) is 3. The van der Waals surface area contributed by atoms with Gasteiger partial charge in [0.2, 0.25) is 5.91 Å². The van der Waals surface area contributed by atoms with E-state index in [4.69, 9.17) is 10.5 Å². The van der Waals surface area contributed by atoms with E-state index in [1.807, 2.05) is 0 Å². The van der Waals surface area contributed by atoms with Crippen LogP contribution in [-0.2, 0) is 9.53 Å². The summed E-state index contributed by atoms with van der Waals surface area (Å²) in [7, 11) is 1.54. The summed E-state index contributed by atoms with van der Waals surface area (Å²) in [5, 5.41) is 2.57. The number of amides is 1.